The standard InChI is InChI=1S/C14H24N4O2/c1-10(2)14-16-12(20-17-14)6-7-13(19)18-8-4-5-11(18)9-15-3/h10-11,15H,4-9H2,1-3H3. The number of aryl methyl sites for hydroxylation is 1. The molecule has 0 spiro atoms. The normalized spacial score (nSPS) is 19.0. The molecule has 1 N–H and O–H groups in total. The van der Waals surface area contributed by atoms with Gasteiger partial charge >= 0.3 is 0 Å². The Kier molecular flexibility index (Phi) is 5.11. The fourth-order valence-electron chi connectivity index (χ4n) is 2.57. The van der Waals surface area contributed by atoms with Gasteiger partial charge in [0.05, 0.1) is 0 Å². The number of likely N-dealkylation sites (N-methyl/N-ethyl adjacent to an activating group) is 1. The highest BCUT2D eigenvalue weighted by molar-refractivity contribution is 5.77. The van der Waals surface area contributed by atoms with Crippen LogP contribution in [0.2, 0.25) is 0 Å². The van der Waals surface area contributed by atoms with Gasteiger partial charge in [0.2, 0.25) is 11.8 Å². The van der Waals surface area contributed by atoms with E-state index in [1.165, 1.54) is 0 Å². The zero-order valence-corrected chi connectivity index (χ0v) is 12.6. The molecule has 112 valence electrons. The van der Waals surface area contributed by atoms with Gasteiger partial charge in [-0.25, -0.2) is 0 Å². The zero-order chi connectivity index (χ0) is 14.5. The number of rotatable bonds is 6. The van der Waals surface area contributed by atoms with Crippen molar-refractivity contribution in [1.29, 1.82) is 0 Å². The Labute approximate surface area is 119 Å². The third-order valence-electron chi connectivity index (χ3n) is 3.69. The molecule has 0 saturated carbocycles. The van der Waals surface area contributed by atoms with Crippen molar-refractivity contribution in [2.75, 3.05) is 20.1 Å². The summed E-state index contributed by atoms with van der Waals surface area (Å²) in [6, 6.07) is 0.335. The minimum absolute atomic E-state index is 0.187. The van der Waals surface area contributed by atoms with Crippen molar-refractivity contribution < 1.29 is 9.32 Å². The lowest BCUT2D eigenvalue weighted by Crippen LogP contribution is -2.40. The first-order chi connectivity index (χ1) is 9.61. The number of nitrogens with zero attached hydrogens (tertiary/aromatic N) is 3. The molecule has 0 aliphatic carbocycles. The van der Waals surface area contributed by atoms with Gasteiger partial charge in [0.1, 0.15) is 0 Å². The van der Waals surface area contributed by atoms with Gasteiger partial charge in [0.15, 0.2) is 5.82 Å². The number of likely N-dealkylation sites (tertiary alicyclic amines) is 1. The second-order valence-corrected chi connectivity index (χ2v) is 5.64. The van der Waals surface area contributed by atoms with Crippen LogP contribution in [0.15, 0.2) is 4.52 Å². The molecule has 1 amide bonds. The summed E-state index contributed by atoms with van der Waals surface area (Å²) in [5, 5.41) is 7.06. The van der Waals surface area contributed by atoms with Gasteiger partial charge in [0.25, 0.3) is 0 Å². The summed E-state index contributed by atoms with van der Waals surface area (Å²) in [6.07, 6.45) is 3.15. The maximum Gasteiger partial charge on any atom is 0.227 e. The van der Waals surface area contributed by atoms with Crippen molar-refractivity contribution >= 4 is 5.91 Å². The molecule has 2 rings (SSSR count). The van der Waals surface area contributed by atoms with Crippen LogP contribution in [0.1, 0.15) is 50.7 Å². The van der Waals surface area contributed by atoms with Crippen LogP contribution in [-0.4, -0.2) is 47.1 Å². The smallest absolute Gasteiger partial charge is 0.227 e. The zero-order valence-electron chi connectivity index (χ0n) is 12.6. The van der Waals surface area contributed by atoms with Gasteiger partial charge in [-0.05, 0) is 19.9 Å². The van der Waals surface area contributed by atoms with Crippen LogP contribution in [0.3, 0.4) is 0 Å². The Morgan fingerprint density at radius 2 is 2.35 bits per heavy atom. The van der Waals surface area contributed by atoms with E-state index < -0.39 is 0 Å². The SMILES string of the molecule is CNCC1CCCN1C(=O)CCc1nc(C(C)C)no1. The average Bonchev–Trinajstić information content (AvgIpc) is 3.05. The molecule has 1 fully saturated rings. The highest BCUT2D eigenvalue weighted by Crippen LogP contribution is 2.18. The molecule has 1 aliphatic rings. The molecule has 1 atom stereocenters. The van der Waals surface area contributed by atoms with Crippen molar-refractivity contribution in [2.24, 2.45) is 0 Å². The third-order valence-corrected chi connectivity index (χ3v) is 3.69. The third kappa shape index (κ3) is 3.56. The van der Waals surface area contributed by atoms with Crippen molar-refractivity contribution in [3.63, 3.8) is 0 Å². The molecule has 6 nitrogen and oxygen atoms in total. The first-order valence-corrected chi connectivity index (χ1v) is 7.38. The average molecular weight is 280 g/mol. The maximum absolute atomic E-state index is 12.3. The van der Waals surface area contributed by atoms with Crippen LogP contribution < -0.4 is 5.32 Å². The van der Waals surface area contributed by atoms with Gasteiger partial charge in [-0.3, -0.25) is 4.79 Å². The summed E-state index contributed by atoms with van der Waals surface area (Å²) in [7, 11) is 1.92. The number of carbonyl (C=O) groups excluding carboxylic acids is 1. The van der Waals surface area contributed by atoms with Crippen molar-refractivity contribution in [3.8, 4) is 0 Å². The van der Waals surface area contributed by atoms with E-state index in [2.05, 4.69) is 15.5 Å². The minimum Gasteiger partial charge on any atom is -0.339 e. The van der Waals surface area contributed by atoms with Crippen molar-refractivity contribution in [3.05, 3.63) is 11.7 Å². The summed E-state index contributed by atoms with van der Waals surface area (Å²) >= 11 is 0. The fourth-order valence-corrected chi connectivity index (χ4v) is 2.57. The molecule has 0 aromatic carbocycles. The second kappa shape index (κ2) is 6.83. The Morgan fingerprint density at radius 3 is 3.00 bits per heavy atom. The molecular formula is C14H24N4O2. The highest BCUT2D eigenvalue weighted by atomic mass is 16.5. The first-order valence-electron chi connectivity index (χ1n) is 7.38. The molecule has 20 heavy (non-hydrogen) atoms. The van der Waals surface area contributed by atoms with E-state index in [1.54, 1.807) is 0 Å². The number of nitrogens with one attached hydrogen (secondary N) is 1. The van der Waals surface area contributed by atoms with Crippen molar-refractivity contribution in [1.82, 2.24) is 20.4 Å². The fraction of sp³-hybridized carbons (Fsp3) is 0.786. The van der Waals surface area contributed by atoms with Crippen LogP contribution in [0.4, 0.5) is 0 Å². The van der Waals surface area contributed by atoms with E-state index >= 15 is 0 Å². The van der Waals surface area contributed by atoms with E-state index in [-0.39, 0.29) is 11.8 Å². The monoisotopic (exact) mass is 280 g/mol. The van der Waals surface area contributed by atoms with Gasteiger partial charge in [-0.2, -0.15) is 4.98 Å². The molecule has 1 aromatic heterocycles. The number of amides is 1. The molecule has 2 heterocycles. The number of carbonyl (C=O) groups is 1. The summed E-state index contributed by atoms with van der Waals surface area (Å²) in [4.78, 5) is 18.5. The van der Waals surface area contributed by atoms with Crippen LogP contribution in [0, 0.1) is 0 Å². The Morgan fingerprint density at radius 1 is 1.55 bits per heavy atom. The molecule has 0 radical (unpaired) electrons. The lowest BCUT2D eigenvalue weighted by molar-refractivity contribution is -0.132. The predicted octanol–water partition coefficient (Wildman–Crippen LogP) is 1.34. The topological polar surface area (TPSA) is 71.3 Å². The van der Waals surface area contributed by atoms with E-state index in [9.17, 15) is 4.79 Å². The Bertz CT molecular complexity index is 444. The Hall–Kier alpha value is -1.43. The van der Waals surface area contributed by atoms with E-state index in [1.807, 2.05) is 25.8 Å². The number of hydrogen-bond acceptors (Lipinski definition) is 5. The van der Waals surface area contributed by atoms with Crippen LogP contribution in [-0.2, 0) is 11.2 Å². The molecule has 0 bridgehead atoms. The minimum atomic E-state index is 0.187. The summed E-state index contributed by atoms with van der Waals surface area (Å²) in [5.74, 6) is 1.71. The maximum atomic E-state index is 12.3. The Balaban J connectivity index is 1.85. The summed E-state index contributed by atoms with van der Waals surface area (Å²) in [5.41, 5.74) is 0. The van der Waals surface area contributed by atoms with Gasteiger partial charge in [0, 0.05) is 37.9 Å². The molecule has 1 unspecified atom stereocenters. The molecule has 1 saturated heterocycles. The van der Waals surface area contributed by atoms with Crippen LogP contribution in [0.5, 0.6) is 0 Å². The lowest BCUT2D eigenvalue weighted by Gasteiger charge is -2.24. The molecule has 1 aromatic rings. The number of hydrogen-bond donors (Lipinski definition) is 1. The predicted molar refractivity (Wildman–Crippen MR) is 75.4 cm³/mol. The second-order valence-electron chi connectivity index (χ2n) is 5.64. The largest absolute Gasteiger partial charge is 0.339 e. The molecule has 6 heteroatoms. The number of aromatic nitrogens is 2. The highest BCUT2D eigenvalue weighted by Gasteiger charge is 2.27. The quantitative estimate of drug-likeness (QED) is 0.851. The van der Waals surface area contributed by atoms with E-state index in [0.717, 1.165) is 25.9 Å². The van der Waals surface area contributed by atoms with Crippen molar-refractivity contribution in [2.45, 2.75) is 51.5 Å². The van der Waals surface area contributed by atoms with Gasteiger partial charge in [-0.1, -0.05) is 19.0 Å². The van der Waals surface area contributed by atoms with Crippen LogP contribution >= 0.6 is 0 Å². The van der Waals surface area contributed by atoms with E-state index in [0.29, 0.717) is 30.6 Å². The van der Waals surface area contributed by atoms with Gasteiger partial charge < -0.3 is 14.7 Å². The van der Waals surface area contributed by atoms with Gasteiger partial charge in [-0.15, -0.1) is 0 Å². The van der Waals surface area contributed by atoms with E-state index in [4.69, 9.17) is 4.52 Å². The van der Waals surface area contributed by atoms with Crippen LogP contribution in [0.25, 0.3) is 0 Å². The summed E-state index contributed by atoms with van der Waals surface area (Å²) in [6.45, 7) is 5.77. The summed E-state index contributed by atoms with van der Waals surface area (Å²) < 4.78 is 5.17. The molecular weight excluding hydrogens is 256 g/mol. The molecule has 1 aliphatic heterocycles. The first kappa shape index (κ1) is 15.0. The lowest BCUT2D eigenvalue weighted by atomic mass is 10.2.